The molecule has 0 atom stereocenters. The van der Waals surface area contributed by atoms with Crippen molar-refractivity contribution in [3.63, 3.8) is 0 Å². The molecule has 0 saturated heterocycles. The van der Waals surface area contributed by atoms with Gasteiger partial charge in [-0.15, -0.1) is 0 Å². The van der Waals surface area contributed by atoms with E-state index in [9.17, 15) is 9.18 Å². The molecule has 1 aliphatic rings. The summed E-state index contributed by atoms with van der Waals surface area (Å²) in [5.74, 6) is 5.63. The lowest BCUT2D eigenvalue weighted by Crippen LogP contribution is -2.32. The van der Waals surface area contributed by atoms with Crippen molar-refractivity contribution in [3.05, 3.63) is 83.6 Å². The van der Waals surface area contributed by atoms with Gasteiger partial charge in [-0.3, -0.25) is 9.89 Å². The maximum absolute atomic E-state index is 15.0. The third kappa shape index (κ3) is 4.86. The van der Waals surface area contributed by atoms with Crippen molar-refractivity contribution in [2.45, 2.75) is 31.8 Å². The normalized spacial score (nSPS) is 13.7. The van der Waals surface area contributed by atoms with Gasteiger partial charge in [0.05, 0.1) is 25.5 Å². The van der Waals surface area contributed by atoms with Gasteiger partial charge < -0.3 is 25.2 Å². The zero-order chi connectivity index (χ0) is 25.2. The standard InChI is InChI=1S/C25H27FN8O2/c1-36-22-6-5-19(17-8-30-31-9-17)20(24(22)26)10-29-25(35)21(27)14-34(28)13-18-12-33-11-16(15-2-3-15)4-7-23(33)32-18/h4-9,11-12,14-15H,2-3,10,13,27-28H2,1H3,(H,29,35)(H,30,31)/b21-14-. The highest BCUT2D eigenvalue weighted by Crippen LogP contribution is 2.39. The number of imidazole rings is 1. The lowest BCUT2D eigenvalue weighted by atomic mass is 10.0. The molecule has 1 aliphatic carbocycles. The molecule has 1 saturated carbocycles. The SMILES string of the molecule is COc1ccc(-c2cn[nH]c2)c(CNC(=O)/C(N)=C/N(N)Cc2cn3cc(C4CC4)ccc3n2)c1F. The summed E-state index contributed by atoms with van der Waals surface area (Å²) in [6.07, 6.45) is 11.0. The molecule has 186 valence electrons. The minimum absolute atomic E-state index is 0.0693. The van der Waals surface area contributed by atoms with E-state index in [4.69, 9.17) is 16.3 Å². The van der Waals surface area contributed by atoms with Crippen molar-refractivity contribution in [1.82, 2.24) is 29.9 Å². The number of carbonyl (C=O) groups excluding carboxylic acids is 1. The molecule has 0 aliphatic heterocycles. The van der Waals surface area contributed by atoms with Gasteiger partial charge in [0.1, 0.15) is 11.3 Å². The number of fused-ring (bicyclic) bond motifs is 1. The average molecular weight is 491 g/mol. The lowest BCUT2D eigenvalue weighted by Gasteiger charge is -2.15. The van der Waals surface area contributed by atoms with E-state index in [-0.39, 0.29) is 30.1 Å². The Hall–Kier alpha value is -4.38. The zero-order valence-electron chi connectivity index (χ0n) is 19.7. The molecule has 0 spiro atoms. The first-order valence-electron chi connectivity index (χ1n) is 11.5. The van der Waals surface area contributed by atoms with Crippen LogP contribution in [-0.2, 0) is 17.9 Å². The van der Waals surface area contributed by atoms with E-state index < -0.39 is 11.7 Å². The molecule has 3 aromatic heterocycles. The summed E-state index contributed by atoms with van der Waals surface area (Å²) in [6.45, 7) is 0.140. The number of hydrogen-bond donors (Lipinski definition) is 4. The van der Waals surface area contributed by atoms with Gasteiger partial charge in [-0.2, -0.15) is 5.10 Å². The Morgan fingerprint density at radius 1 is 1.33 bits per heavy atom. The topological polar surface area (TPSA) is 140 Å². The fourth-order valence-corrected chi connectivity index (χ4v) is 4.14. The number of pyridine rings is 1. The third-order valence-electron chi connectivity index (χ3n) is 6.15. The van der Waals surface area contributed by atoms with Crippen LogP contribution in [0.4, 0.5) is 4.39 Å². The largest absolute Gasteiger partial charge is 0.494 e. The Bertz CT molecular complexity index is 1430. The number of aromatic amines is 1. The third-order valence-corrected chi connectivity index (χ3v) is 6.15. The summed E-state index contributed by atoms with van der Waals surface area (Å²) >= 11 is 0. The summed E-state index contributed by atoms with van der Waals surface area (Å²) in [7, 11) is 1.38. The molecule has 36 heavy (non-hydrogen) atoms. The second-order valence-corrected chi connectivity index (χ2v) is 8.77. The van der Waals surface area contributed by atoms with Crippen molar-refractivity contribution in [3.8, 4) is 16.9 Å². The Morgan fingerprint density at radius 2 is 2.17 bits per heavy atom. The molecule has 11 heteroatoms. The Balaban J connectivity index is 1.25. The van der Waals surface area contributed by atoms with Crippen molar-refractivity contribution in [1.29, 1.82) is 0 Å². The van der Waals surface area contributed by atoms with Gasteiger partial charge in [-0.05, 0) is 42.0 Å². The quantitative estimate of drug-likeness (QED) is 0.161. The highest BCUT2D eigenvalue weighted by molar-refractivity contribution is 5.92. The first kappa shape index (κ1) is 23.4. The number of hydrogen-bond acceptors (Lipinski definition) is 7. The summed E-state index contributed by atoms with van der Waals surface area (Å²) in [6, 6.07) is 7.33. The number of hydrazine groups is 1. The molecule has 1 fully saturated rings. The molecule has 3 heterocycles. The number of methoxy groups -OCH3 is 1. The summed E-state index contributed by atoms with van der Waals surface area (Å²) < 4.78 is 22.1. The van der Waals surface area contributed by atoms with Crippen LogP contribution < -0.4 is 21.6 Å². The second kappa shape index (κ2) is 9.70. The van der Waals surface area contributed by atoms with Gasteiger partial charge in [0.25, 0.3) is 5.91 Å². The number of nitrogens with two attached hydrogens (primary N) is 2. The highest BCUT2D eigenvalue weighted by Gasteiger charge is 2.24. The highest BCUT2D eigenvalue weighted by atomic mass is 19.1. The van der Waals surface area contributed by atoms with Crippen LogP contribution in [0.1, 0.15) is 35.6 Å². The van der Waals surface area contributed by atoms with E-state index in [0.717, 1.165) is 11.3 Å². The molecule has 0 bridgehead atoms. The van der Waals surface area contributed by atoms with Gasteiger partial charge >= 0.3 is 0 Å². The van der Waals surface area contributed by atoms with Crippen LogP contribution in [0, 0.1) is 5.82 Å². The molecular formula is C25H27FN8O2. The minimum atomic E-state index is -0.588. The van der Waals surface area contributed by atoms with Crippen molar-refractivity contribution in [2.24, 2.45) is 11.6 Å². The van der Waals surface area contributed by atoms with Crippen LogP contribution in [-0.4, -0.2) is 37.6 Å². The Labute approximate surface area is 206 Å². The van der Waals surface area contributed by atoms with Crippen molar-refractivity contribution in [2.75, 3.05) is 7.11 Å². The smallest absolute Gasteiger partial charge is 0.268 e. The van der Waals surface area contributed by atoms with Crippen molar-refractivity contribution < 1.29 is 13.9 Å². The number of amides is 1. The number of aromatic nitrogens is 4. The van der Waals surface area contributed by atoms with Crippen LogP contribution in [0.25, 0.3) is 16.8 Å². The van der Waals surface area contributed by atoms with E-state index in [1.165, 1.54) is 42.8 Å². The number of H-pyrrole nitrogens is 1. The Kier molecular flexibility index (Phi) is 6.30. The second-order valence-electron chi connectivity index (χ2n) is 8.77. The van der Waals surface area contributed by atoms with Gasteiger partial charge in [-0.25, -0.2) is 15.2 Å². The fraction of sp³-hybridized carbons (Fsp3) is 0.240. The molecule has 1 amide bonds. The average Bonchev–Trinajstić information content (AvgIpc) is 3.41. The van der Waals surface area contributed by atoms with Crippen molar-refractivity contribution >= 4 is 11.6 Å². The first-order valence-corrected chi connectivity index (χ1v) is 11.5. The number of benzene rings is 1. The molecule has 0 radical (unpaired) electrons. The number of nitrogens with one attached hydrogen (secondary N) is 2. The maximum Gasteiger partial charge on any atom is 0.268 e. The predicted molar refractivity (Wildman–Crippen MR) is 132 cm³/mol. The van der Waals surface area contributed by atoms with E-state index >= 15 is 0 Å². The number of carbonyl (C=O) groups is 1. The summed E-state index contributed by atoms with van der Waals surface area (Å²) in [5.41, 5.74) is 10.2. The molecule has 4 aromatic rings. The predicted octanol–water partition coefficient (Wildman–Crippen LogP) is 2.54. The van der Waals surface area contributed by atoms with E-state index in [2.05, 4.69) is 32.8 Å². The van der Waals surface area contributed by atoms with Crippen LogP contribution in [0.5, 0.6) is 5.75 Å². The minimum Gasteiger partial charge on any atom is -0.494 e. The van der Waals surface area contributed by atoms with Crippen LogP contribution in [0.3, 0.4) is 0 Å². The van der Waals surface area contributed by atoms with Gasteiger partial charge in [0.15, 0.2) is 11.6 Å². The number of ether oxygens (including phenoxy) is 1. The number of nitrogens with zero attached hydrogens (tertiary/aromatic N) is 4. The zero-order valence-corrected chi connectivity index (χ0v) is 19.7. The van der Waals surface area contributed by atoms with E-state index in [0.29, 0.717) is 17.0 Å². The number of halogens is 1. The lowest BCUT2D eigenvalue weighted by molar-refractivity contribution is -0.117. The Morgan fingerprint density at radius 3 is 2.89 bits per heavy atom. The van der Waals surface area contributed by atoms with E-state index in [1.54, 1.807) is 18.5 Å². The molecule has 10 nitrogen and oxygen atoms in total. The van der Waals surface area contributed by atoms with E-state index in [1.807, 2.05) is 16.7 Å². The van der Waals surface area contributed by atoms with Gasteiger partial charge in [0.2, 0.25) is 0 Å². The van der Waals surface area contributed by atoms with Crippen LogP contribution in [0.15, 0.2) is 60.9 Å². The molecule has 5 rings (SSSR count). The molecule has 6 N–H and O–H groups in total. The maximum atomic E-state index is 15.0. The fourth-order valence-electron chi connectivity index (χ4n) is 4.14. The van der Waals surface area contributed by atoms with Gasteiger partial charge in [-0.1, -0.05) is 12.1 Å². The summed E-state index contributed by atoms with van der Waals surface area (Å²) in [4.78, 5) is 17.2. The molecular weight excluding hydrogens is 463 g/mol. The summed E-state index contributed by atoms with van der Waals surface area (Å²) in [5, 5.41) is 10.5. The van der Waals surface area contributed by atoms with Crippen LogP contribution in [0.2, 0.25) is 0 Å². The molecule has 0 unspecified atom stereocenters. The monoisotopic (exact) mass is 490 g/mol. The number of rotatable bonds is 9. The molecule has 1 aromatic carbocycles. The first-order chi connectivity index (χ1) is 17.4. The van der Waals surface area contributed by atoms with Crippen LogP contribution >= 0.6 is 0 Å². The van der Waals surface area contributed by atoms with Gasteiger partial charge in [0, 0.05) is 42.5 Å².